The number of amides is 1. The molecular formula is C15H12FN3O2S2. The number of benzene rings is 1. The molecule has 0 atom stereocenters. The molecule has 0 saturated heterocycles. The number of nitrogens with zero attached hydrogens (tertiary/aromatic N) is 2. The summed E-state index contributed by atoms with van der Waals surface area (Å²) in [6.45, 7) is -0.146. The lowest BCUT2D eigenvalue weighted by atomic mass is 10.3. The zero-order valence-electron chi connectivity index (χ0n) is 12.1. The summed E-state index contributed by atoms with van der Waals surface area (Å²) in [5, 5.41) is 4.92. The third-order valence-electron chi connectivity index (χ3n) is 3.14. The first-order valence-electron chi connectivity index (χ1n) is 6.66. The van der Waals surface area contributed by atoms with Gasteiger partial charge in [0.15, 0.2) is 5.16 Å². The summed E-state index contributed by atoms with van der Waals surface area (Å²) in [7, 11) is 0. The second-order valence-electron chi connectivity index (χ2n) is 4.68. The second kappa shape index (κ2) is 6.51. The molecule has 0 spiro atoms. The number of fused-ring (bicyclic) bond motifs is 1. The molecule has 1 aromatic carbocycles. The standard InChI is InChI=1S/C15H12FN3O2S2/c1-22-15-18-11-6-7-23-13(11)14(21)19(15)8-12(20)17-10-4-2-9(16)3-5-10/h2-7H,8H2,1H3,(H,17,20). The van der Waals surface area contributed by atoms with Crippen LogP contribution in [0.1, 0.15) is 0 Å². The lowest BCUT2D eigenvalue weighted by Gasteiger charge is -2.11. The number of carbonyl (C=O) groups is 1. The molecule has 1 N–H and O–H groups in total. The Morgan fingerprint density at radius 1 is 1.35 bits per heavy atom. The Kier molecular flexibility index (Phi) is 4.44. The average molecular weight is 349 g/mol. The number of halogens is 1. The minimum Gasteiger partial charge on any atom is -0.325 e. The number of nitrogens with one attached hydrogen (secondary N) is 1. The summed E-state index contributed by atoms with van der Waals surface area (Å²) < 4.78 is 14.7. The smallest absolute Gasteiger partial charge is 0.272 e. The lowest BCUT2D eigenvalue weighted by molar-refractivity contribution is -0.116. The van der Waals surface area contributed by atoms with Crippen LogP contribution in [0.4, 0.5) is 10.1 Å². The van der Waals surface area contributed by atoms with Crippen molar-refractivity contribution < 1.29 is 9.18 Å². The average Bonchev–Trinajstić information content (AvgIpc) is 3.01. The molecule has 3 aromatic rings. The second-order valence-corrected chi connectivity index (χ2v) is 6.37. The summed E-state index contributed by atoms with van der Waals surface area (Å²) in [5.41, 5.74) is 0.878. The molecule has 2 heterocycles. The van der Waals surface area contributed by atoms with Gasteiger partial charge < -0.3 is 5.32 Å². The topological polar surface area (TPSA) is 64.0 Å². The highest BCUT2D eigenvalue weighted by Crippen LogP contribution is 2.19. The Morgan fingerprint density at radius 3 is 2.78 bits per heavy atom. The maximum Gasteiger partial charge on any atom is 0.272 e. The van der Waals surface area contributed by atoms with E-state index in [2.05, 4.69) is 10.3 Å². The van der Waals surface area contributed by atoms with Crippen molar-refractivity contribution in [3.8, 4) is 0 Å². The highest BCUT2D eigenvalue weighted by atomic mass is 32.2. The largest absolute Gasteiger partial charge is 0.325 e. The molecule has 0 fully saturated rings. The Bertz CT molecular complexity index is 919. The van der Waals surface area contributed by atoms with Crippen LogP contribution in [0.2, 0.25) is 0 Å². The fourth-order valence-corrected chi connectivity index (χ4v) is 3.43. The van der Waals surface area contributed by atoms with Gasteiger partial charge in [0, 0.05) is 5.69 Å². The van der Waals surface area contributed by atoms with E-state index in [-0.39, 0.29) is 23.8 Å². The van der Waals surface area contributed by atoms with E-state index in [1.54, 1.807) is 17.7 Å². The fraction of sp³-hybridized carbons (Fsp3) is 0.133. The zero-order valence-corrected chi connectivity index (χ0v) is 13.7. The van der Waals surface area contributed by atoms with E-state index < -0.39 is 0 Å². The van der Waals surface area contributed by atoms with Gasteiger partial charge in [0.2, 0.25) is 5.91 Å². The van der Waals surface area contributed by atoms with Gasteiger partial charge in [-0.1, -0.05) is 11.8 Å². The van der Waals surface area contributed by atoms with E-state index in [0.29, 0.717) is 21.1 Å². The lowest BCUT2D eigenvalue weighted by Crippen LogP contribution is -2.29. The van der Waals surface area contributed by atoms with Crippen LogP contribution in [0.25, 0.3) is 10.2 Å². The monoisotopic (exact) mass is 349 g/mol. The van der Waals surface area contributed by atoms with Gasteiger partial charge in [0.1, 0.15) is 17.1 Å². The molecular weight excluding hydrogens is 337 g/mol. The highest BCUT2D eigenvalue weighted by Gasteiger charge is 2.14. The molecule has 3 rings (SSSR count). The van der Waals surface area contributed by atoms with Crippen molar-refractivity contribution in [1.82, 2.24) is 9.55 Å². The molecule has 5 nitrogen and oxygen atoms in total. The Balaban J connectivity index is 1.88. The molecule has 2 aromatic heterocycles. The van der Waals surface area contributed by atoms with E-state index in [0.717, 1.165) is 0 Å². The third kappa shape index (κ3) is 3.27. The Hall–Kier alpha value is -2.19. The van der Waals surface area contributed by atoms with Crippen molar-refractivity contribution in [3.63, 3.8) is 0 Å². The maximum absolute atomic E-state index is 12.9. The number of thioether (sulfide) groups is 1. The number of carbonyl (C=O) groups excluding carboxylic acids is 1. The van der Waals surface area contributed by atoms with E-state index in [1.807, 2.05) is 0 Å². The number of rotatable bonds is 4. The van der Waals surface area contributed by atoms with E-state index in [1.165, 1.54) is 51.9 Å². The summed E-state index contributed by atoms with van der Waals surface area (Å²) in [4.78, 5) is 29.0. The van der Waals surface area contributed by atoms with E-state index >= 15 is 0 Å². The number of hydrogen-bond acceptors (Lipinski definition) is 5. The van der Waals surface area contributed by atoms with Crippen molar-refractivity contribution in [1.29, 1.82) is 0 Å². The van der Waals surface area contributed by atoms with Gasteiger partial charge in [0.05, 0.1) is 5.52 Å². The first-order valence-corrected chi connectivity index (χ1v) is 8.76. The van der Waals surface area contributed by atoms with Crippen LogP contribution < -0.4 is 10.9 Å². The van der Waals surface area contributed by atoms with Crippen molar-refractivity contribution in [3.05, 3.63) is 51.9 Å². The van der Waals surface area contributed by atoms with Crippen LogP contribution in [-0.2, 0) is 11.3 Å². The van der Waals surface area contributed by atoms with Crippen LogP contribution in [0, 0.1) is 5.82 Å². The Labute approximate surface area is 139 Å². The van der Waals surface area contributed by atoms with Crippen LogP contribution in [-0.4, -0.2) is 21.7 Å². The van der Waals surface area contributed by atoms with E-state index in [9.17, 15) is 14.0 Å². The number of aromatic nitrogens is 2. The number of anilines is 1. The number of hydrogen-bond donors (Lipinski definition) is 1. The van der Waals surface area contributed by atoms with Crippen molar-refractivity contribution in [2.24, 2.45) is 0 Å². The molecule has 0 saturated carbocycles. The van der Waals surface area contributed by atoms with Gasteiger partial charge in [-0.25, -0.2) is 9.37 Å². The predicted molar refractivity (Wildman–Crippen MR) is 90.7 cm³/mol. The van der Waals surface area contributed by atoms with Gasteiger partial charge in [-0.2, -0.15) is 0 Å². The normalized spacial score (nSPS) is 10.9. The maximum atomic E-state index is 12.9. The molecule has 1 amide bonds. The van der Waals surface area contributed by atoms with Gasteiger partial charge in [-0.15, -0.1) is 11.3 Å². The van der Waals surface area contributed by atoms with Crippen LogP contribution in [0.5, 0.6) is 0 Å². The first kappa shape index (κ1) is 15.7. The van der Waals surface area contributed by atoms with Crippen molar-refractivity contribution in [2.45, 2.75) is 11.7 Å². The number of thiophene rings is 1. The summed E-state index contributed by atoms with van der Waals surface area (Å²) in [5.74, 6) is -0.747. The van der Waals surface area contributed by atoms with E-state index in [4.69, 9.17) is 0 Å². The summed E-state index contributed by atoms with van der Waals surface area (Å²) in [6, 6.07) is 7.23. The van der Waals surface area contributed by atoms with Crippen molar-refractivity contribution >= 4 is 44.9 Å². The van der Waals surface area contributed by atoms with Gasteiger partial charge in [-0.05, 0) is 42.0 Å². The van der Waals surface area contributed by atoms with Crippen LogP contribution >= 0.6 is 23.1 Å². The minimum absolute atomic E-state index is 0.146. The quantitative estimate of drug-likeness (QED) is 0.581. The van der Waals surface area contributed by atoms with Gasteiger partial charge >= 0.3 is 0 Å². The van der Waals surface area contributed by atoms with Gasteiger partial charge in [-0.3, -0.25) is 14.2 Å². The molecule has 0 bridgehead atoms. The highest BCUT2D eigenvalue weighted by molar-refractivity contribution is 7.98. The molecule has 8 heteroatoms. The molecule has 23 heavy (non-hydrogen) atoms. The molecule has 0 radical (unpaired) electrons. The molecule has 0 aliphatic rings. The van der Waals surface area contributed by atoms with Crippen molar-refractivity contribution in [2.75, 3.05) is 11.6 Å². The Morgan fingerprint density at radius 2 is 2.09 bits per heavy atom. The zero-order chi connectivity index (χ0) is 16.4. The third-order valence-corrected chi connectivity index (χ3v) is 4.71. The van der Waals surface area contributed by atoms with Crippen LogP contribution in [0.3, 0.4) is 0 Å². The SMILES string of the molecule is CSc1nc2ccsc2c(=O)n1CC(=O)Nc1ccc(F)cc1. The predicted octanol–water partition coefficient (Wildman–Crippen LogP) is 2.96. The summed E-state index contributed by atoms with van der Waals surface area (Å²) in [6.07, 6.45) is 1.80. The minimum atomic E-state index is -0.378. The molecule has 118 valence electrons. The molecule has 0 aliphatic heterocycles. The van der Waals surface area contributed by atoms with Crippen LogP contribution in [0.15, 0.2) is 45.7 Å². The fourth-order valence-electron chi connectivity index (χ4n) is 2.10. The molecule has 0 unspecified atom stereocenters. The molecule has 0 aliphatic carbocycles. The van der Waals surface area contributed by atoms with Gasteiger partial charge in [0.25, 0.3) is 5.56 Å². The first-order chi connectivity index (χ1) is 11.1. The summed E-state index contributed by atoms with van der Waals surface area (Å²) >= 11 is 2.61.